The molecule has 21 heavy (non-hydrogen) atoms. The second-order valence-corrected chi connectivity index (χ2v) is 4.67. The summed E-state index contributed by atoms with van der Waals surface area (Å²) in [4.78, 5) is 13.7. The summed E-state index contributed by atoms with van der Waals surface area (Å²) in [6.45, 7) is 2.52. The lowest BCUT2D eigenvalue weighted by molar-refractivity contribution is 0.220. The van der Waals surface area contributed by atoms with Crippen LogP contribution in [0.5, 0.6) is 5.75 Å². The summed E-state index contributed by atoms with van der Waals surface area (Å²) < 4.78 is 10.4. The fraction of sp³-hybridized carbons (Fsp3) is 0.188. The monoisotopic (exact) mass is 285 g/mol. The number of benzene rings is 2. The van der Waals surface area contributed by atoms with Gasteiger partial charge in [-0.1, -0.05) is 18.2 Å². The molecule has 1 heterocycles. The van der Waals surface area contributed by atoms with E-state index in [9.17, 15) is 9.90 Å². The number of nitrogens with one attached hydrogen (secondary N) is 1. The van der Waals surface area contributed by atoms with E-state index in [1.807, 2.05) is 31.2 Å². The van der Waals surface area contributed by atoms with Gasteiger partial charge in [-0.3, -0.25) is 4.98 Å². The Morgan fingerprint density at radius 3 is 2.62 bits per heavy atom. The van der Waals surface area contributed by atoms with Crippen LogP contribution in [0.1, 0.15) is 24.2 Å². The highest BCUT2D eigenvalue weighted by Crippen LogP contribution is 2.26. The largest absolute Gasteiger partial charge is 0.494 e. The lowest BCUT2D eigenvalue weighted by Gasteiger charge is -2.12. The van der Waals surface area contributed by atoms with Gasteiger partial charge in [-0.2, -0.15) is 0 Å². The zero-order valence-electron chi connectivity index (χ0n) is 11.5. The molecule has 3 rings (SSSR count). The Hall–Kier alpha value is -2.53. The number of fused-ring (bicyclic) bond motifs is 1. The zero-order valence-corrected chi connectivity index (χ0v) is 11.5. The first-order chi connectivity index (χ1) is 10.2. The molecule has 0 aliphatic heterocycles. The number of aliphatic hydroxyl groups is 1. The van der Waals surface area contributed by atoms with Crippen molar-refractivity contribution in [1.82, 2.24) is 4.98 Å². The van der Waals surface area contributed by atoms with Crippen molar-refractivity contribution < 1.29 is 14.3 Å². The molecule has 2 aromatic carbocycles. The van der Waals surface area contributed by atoms with Crippen LogP contribution in [0.4, 0.5) is 0 Å². The predicted molar refractivity (Wildman–Crippen MR) is 78.5 cm³/mol. The molecule has 0 spiro atoms. The molecule has 0 radical (unpaired) electrons. The van der Waals surface area contributed by atoms with E-state index in [1.165, 1.54) is 0 Å². The number of hydrogen-bond donors (Lipinski definition) is 2. The molecule has 1 unspecified atom stereocenters. The Labute approximate surface area is 120 Å². The van der Waals surface area contributed by atoms with Gasteiger partial charge in [0.1, 0.15) is 11.9 Å². The highest BCUT2D eigenvalue weighted by Gasteiger charge is 2.12. The van der Waals surface area contributed by atoms with Crippen LogP contribution < -0.4 is 10.5 Å². The van der Waals surface area contributed by atoms with E-state index in [0.29, 0.717) is 23.3 Å². The number of aliphatic hydroxyl groups excluding tert-OH is 1. The molecule has 2 N–H and O–H groups in total. The summed E-state index contributed by atoms with van der Waals surface area (Å²) in [6, 6.07) is 12.4. The molecule has 0 saturated carbocycles. The third kappa shape index (κ3) is 2.68. The minimum Gasteiger partial charge on any atom is -0.494 e. The lowest BCUT2D eigenvalue weighted by Crippen LogP contribution is -2.00. The molecule has 5 heteroatoms. The first-order valence-corrected chi connectivity index (χ1v) is 6.71. The van der Waals surface area contributed by atoms with Gasteiger partial charge in [0.25, 0.3) is 0 Å². The maximum atomic E-state index is 11.1. The van der Waals surface area contributed by atoms with Crippen LogP contribution >= 0.6 is 0 Å². The van der Waals surface area contributed by atoms with E-state index >= 15 is 0 Å². The number of aromatic nitrogens is 1. The number of aromatic amines is 1. The molecular weight excluding hydrogens is 270 g/mol. The van der Waals surface area contributed by atoms with Gasteiger partial charge in [-0.15, -0.1) is 0 Å². The Kier molecular flexibility index (Phi) is 3.50. The smallest absolute Gasteiger partial charge is 0.417 e. The van der Waals surface area contributed by atoms with Gasteiger partial charge in [0, 0.05) is 0 Å². The minimum absolute atomic E-state index is 0.433. The van der Waals surface area contributed by atoms with E-state index in [0.717, 1.165) is 11.3 Å². The maximum absolute atomic E-state index is 11.1. The summed E-state index contributed by atoms with van der Waals surface area (Å²) in [6.07, 6.45) is -0.787. The molecule has 0 aliphatic carbocycles. The van der Waals surface area contributed by atoms with Gasteiger partial charge < -0.3 is 14.3 Å². The van der Waals surface area contributed by atoms with Crippen molar-refractivity contribution in [2.45, 2.75) is 13.0 Å². The molecule has 0 bridgehead atoms. The summed E-state index contributed by atoms with van der Waals surface area (Å²) in [5.74, 6) is 0.262. The van der Waals surface area contributed by atoms with E-state index in [1.54, 1.807) is 18.2 Å². The molecule has 1 aromatic heterocycles. The summed E-state index contributed by atoms with van der Waals surface area (Å²) >= 11 is 0. The second kappa shape index (κ2) is 5.46. The zero-order chi connectivity index (χ0) is 14.8. The first-order valence-electron chi connectivity index (χ1n) is 6.71. The van der Waals surface area contributed by atoms with Crippen LogP contribution in [0, 0.1) is 0 Å². The van der Waals surface area contributed by atoms with Crippen molar-refractivity contribution in [1.29, 1.82) is 0 Å². The Balaban J connectivity index is 1.91. The number of hydrogen-bond acceptors (Lipinski definition) is 4. The predicted octanol–water partition coefficient (Wildman–Crippen LogP) is 2.60. The molecule has 108 valence electrons. The van der Waals surface area contributed by atoms with Gasteiger partial charge in [0.15, 0.2) is 5.58 Å². The van der Waals surface area contributed by atoms with Crippen LogP contribution in [0.3, 0.4) is 0 Å². The molecule has 1 atom stereocenters. The van der Waals surface area contributed by atoms with E-state index in [2.05, 4.69) is 4.98 Å². The van der Waals surface area contributed by atoms with Crippen LogP contribution in [0.25, 0.3) is 11.1 Å². The maximum Gasteiger partial charge on any atom is 0.417 e. The summed E-state index contributed by atoms with van der Waals surface area (Å²) in [5.41, 5.74) is 2.45. The number of oxazole rings is 1. The van der Waals surface area contributed by atoms with E-state index < -0.39 is 11.9 Å². The third-order valence-electron chi connectivity index (χ3n) is 3.27. The van der Waals surface area contributed by atoms with Gasteiger partial charge in [0.05, 0.1) is 12.1 Å². The van der Waals surface area contributed by atoms with Crippen LogP contribution in [0.2, 0.25) is 0 Å². The topological polar surface area (TPSA) is 75.5 Å². The highest BCUT2D eigenvalue weighted by atomic mass is 16.5. The van der Waals surface area contributed by atoms with Gasteiger partial charge >= 0.3 is 5.76 Å². The number of rotatable bonds is 4. The van der Waals surface area contributed by atoms with Crippen molar-refractivity contribution in [3.63, 3.8) is 0 Å². The van der Waals surface area contributed by atoms with Gasteiger partial charge in [0.2, 0.25) is 0 Å². The highest BCUT2D eigenvalue weighted by molar-refractivity contribution is 5.73. The van der Waals surface area contributed by atoms with Crippen LogP contribution in [-0.4, -0.2) is 16.7 Å². The fourth-order valence-corrected chi connectivity index (χ4v) is 2.24. The molecule has 5 nitrogen and oxygen atoms in total. The third-order valence-corrected chi connectivity index (χ3v) is 3.27. The Morgan fingerprint density at radius 2 is 1.90 bits per heavy atom. The minimum atomic E-state index is -0.787. The molecule has 3 aromatic rings. The van der Waals surface area contributed by atoms with E-state index in [-0.39, 0.29) is 0 Å². The molecule has 0 fully saturated rings. The van der Waals surface area contributed by atoms with Crippen molar-refractivity contribution in [3.8, 4) is 5.75 Å². The van der Waals surface area contributed by atoms with Gasteiger partial charge in [-0.05, 0) is 42.3 Å². The molecule has 0 amide bonds. The first kappa shape index (κ1) is 13.5. The van der Waals surface area contributed by atoms with Gasteiger partial charge in [-0.25, -0.2) is 4.79 Å². The Bertz CT molecular complexity index is 801. The van der Waals surface area contributed by atoms with Crippen molar-refractivity contribution in [3.05, 3.63) is 64.1 Å². The van der Waals surface area contributed by atoms with Crippen LogP contribution in [-0.2, 0) is 0 Å². The average molecular weight is 285 g/mol. The second-order valence-electron chi connectivity index (χ2n) is 4.67. The average Bonchev–Trinajstić information content (AvgIpc) is 2.86. The summed E-state index contributed by atoms with van der Waals surface area (Å²) in [7, 11) is 0. The van der Waals surface area contributed by atoms with Crippen molar-refractivity contribution >= 4 is 11.1 Å². The van der Waals surface area contributed by atoms with E-state index in [4.69, 9.17) is 9.15 Å². The van der Waals surface area contributed by atoms with Crippen molar-refractivity contribution in [2.75, 3.05) is 6.61 Å². The molecular formula is C16H15NO4. The number of H-pyrrole nitrogens is 1. The molecule has 0 saturated heterocycles. The van der Waals surface area contributed by atoms with Crippen molar-refractivity contribution in [2.24, 2.45) is 0 Å². The quantitative estimate of drug-likeness (QED) is 0.772. The lowest BCUT2D eigenvalue weighted by atomic mass is 10.0. The summed E-state index contributed by atoms with van der Waals surface area (Å²) in [5, 5.41) is 10.4. The normalized spacial score (nSPS) is 12.5. The fourth-order valence-electron chi connectivity index (χ4n) is 2.24. The molecule has 0 aliphatic rings. The Morgan fingerprint density at radius 1 is 1.19 bits per heavy atom. The standard InChI is InChI=1S/C16H15NO4/c1-2-20-12-6-3-10(4-7-12)15(18)11-5-8-13-14(9-11)21-16(19)17-13/h3-9,15,18H,2H2,1H3,(H,17,19). The number of ether oxygens (including phenoxy) is 1. The van der Waals surface area contributed by atoms with Crippen LogP contribution in [0.15, 0.2) is 51.7 Å². The SMILES string of the molecule is CCOc1ccc(C(O)c2ccc3[nH]c(=O)oc3c2)cc1.